The van der Waals surface area contributed by atoms with Crippen LogP contribution in [0, 0.1) is 11.3 Å². The summed E-state index contributed by atoms with van der Waals surface area (Å²) in [5.41, 5.74) is 0. The predicted molar refractivity (Wildman–Crippen MR) is 47.2 cm³/mol. The molecular weight excluding hydrogens is 136 g/mol. The highest BCUT2D eigenvalue weighted by molar-refractivity contribution is 4.81. The van der Waals surface area contributed by atoms with Gasteiger partial charge >= 0.3 is 0 Å². The molecule has 0 aliphatic carbocycles. The molecular formula is C9H18N2. The first-order valence-electron chi connectivity index (χ1n) is 4.22. The van der Waals surface area contributed by atoms with E-state index in [9.17, 15) is 0 Å². The Labute approximate surface area is 69.8 Å². The smallest absolute Gasteiger partial charge is 0.0638 e. The molecule has 2 heteroatoms. The van der Waals surface area contributed by atoms with Crippen LogP contribution < -0.4 is 0 Å². The van der Waals surface area contributed by atoms with Crippen LogP contribution in [-0.2, 0) is 0 Å². The molecule has 0 bridgehead atoms. The second-order valence-electron chi connectivity index (χ2n) is 3.18. The Morgan fingerprint density at radius 3 is 2.27 bits per heavy atom. The maximum atomic E-state index is 8.52. The van der Waals surface area contributed by atoms with Crippen LogP contribution in [0.2, 0.25) is 0 Å². The lowest BCUT2D eigenvalue weighted by atomic mass is 10.1. The average Bonchev–Trinajstić information content (AvgIpc) is 1.98. The largest absolute Gasteiger partial charge is 0.300 e. The predicted octanol–water partition coefficient (Wildman–Crippen LogP) is 2.02. The van der Waals surface area contributed by atoms with Gasteiger partial charge in [-0.25, -0.2) is 0 Å². The number of nitrogens with zero attached hydrogens (tertiary/aromatic N) is 2. The normalized spacial score (nSPS) is 13.5. The third kappa shape index (κ3) is 3.38. The second kappa shape index (κ2) is 5.15. The lowest BCUT2D eigenvalue weighted by Gasteiger charge is -2.28. The number of nitriles is 1. The second-order valence-corrected chi connectivity index (χ2v) is 3.18. The van der Waals surface area contributed by atoms with Gasteiger partial charge in [-0.2, -0.15) is 5.26 Å². The molecule has 64 valence electrons. The first kappa shape index (κ1) is 10.4. The number of hydrogen-bond donors (Lipinski definition) is 0. The highest BCUT2D eigenvalue weighted by Gasteiger charge is 2.13. The molecule has 0 aliphatic heterocycles. The van der Waals surface area contributed by atoms with Crippen LogP contribution >= 0.6 is 0 Å². The minimum Gasteiger partial charge on any atom is -0.300 e. The van der Waals surface area contributed by atoms with Crippen LogP contribution in [-0.4, -0.2) is 24.0 Å². The molecule has 11 heavy (non-hydrogen) atoms. The summed E-state index contributed by atoms with van der Waals surface area (Å²) < 4.78 is 0. The van der Waals surface area contributed by atoms with E-state index in [1.54, 1.807) is 0 Å². The van der Waals surface area contributed by atoms with Gasteiger partial charge in [-0.3, -0.25) is 0 Å². The Balaban J connectivity index is 3.93. The molecule has 0 radical (unpaired) electrons. The van der Waals surface area contributed by atoms with E-state index in [4.69, 9.17) is 5.26 Å². The molecule has 0 amide bonds. The lowest BCUT2D eigenvalue weighted by molar-refractivity contribution is 0.192. The Morgan fingerprint density at radius 1 is 1.45 bits per heavy atom. The van der Waals surface area contributed by atoms with Crippen LogP contribution in [0.4, 0.5) is 0 Å². The molecule has 0 heterocycles. The molecule has 0 spiro atoms. The molecule has 0 aromatic heterocycles. The molecule has 0 N–H and O–H groups in total. The molecule has 1 unspecified atom stereocenters. The summed E-state index contributed by atoms with van der Waals surface area (Å²) in [6, 6.07) is 3.18. The Morgan fingerprint density at radius 2 is 2.00 bits per heavy atom. The van der Waals surface area contributed by atoms with E-state index >= 15 is 0 Å². The Kier molecular flexibility index (Phi) is 4.89. The minimum absolute atomic E-state index is 0.431. The van der Waals surface area contributed by atoms with E-state index in [2.05, 4.69) is 38.8 Å². The van der Waals surface area contributed by atoms with Crippen LogP contribution in [0.5, 0.6) is 0 Å². The van der Waals surface area contributed by atoms with Crippen molar-refractivity contribution in [2.45, 2.75) is 45.7 Å². The van der Waals surface area contributed by atoms with Crippen LogP contribution in [0.1, 0.15) is 33.6 Å². The molecule has 0 saturated carbocycles. The maximum Gasteiger partial charge on any atom is 0.0638 e. The summed E-state index contributed by atoms with van der Waals surface area (Å²) in [6.45, 7) is 6.43. The van der Waals surface area contributed by atoms with Crippen molar-refractivity contribution in [1.82, 2.24) is 4.90 Å². The van der Waals surface area contributed by atoms with Crippen molar-refractivity contribution in [2.75, 3.05) is 7.05 Å². The topological polar surface area (TPSA) is 27.0 Å². The van der Waals surface area contributed by atoms with Crippen molar-refractivity contribution < 1.29 is 0 Å². The summed E-state index contributed by atoms with van der Waals surface area (Å²) >= 11 is 0. The van der Waals surface area contributed by atoms with Gasteiger partial charge in [0.05, 0.1) is 12.5 Å². The first-order chi connectivity index (χ1) is 5.13. The lowest BCUT2D eigenvalue weighted by Crippen LogP contribution is -2.36. The van der Waals surface area contributed by atoms with Gasteiger partial charge in [0, 0.05) is 12.1 Å². The van der Waals surface area contributed by atoms with E-state index in [0.29, 0.717) is 18.5 Å². The molecule has 0 aliphatic rings. The van der Waals surface area contributed by atoms with Crippen molar-refractivity contribution in [1.29, 1.82) is 5.26 Å². The highest BCUT2D eigenvalue weighted by atomic mass is 15.1. The van der Waals surface area contributed by atoms with Gasteiger partial charge in [-0.1, -0.05) is 6.92 Å². The summed E-state index contributed by atoms with van der Waals surface area (Å²) in [5, 5.41) is 8.52. The molecule has 0 aromatic carbocycles. The highest BCUT2D eigenvalue weighted by Crippen LogP contribution is 2.08. The zero-order valence-electron chi connectivity index (χ0n) is 7.96. The SMILES string of the molecule is CCC(CC#N)N(C)C(C)C. The van der Waals surface area contributed by atoms with Crippen molar-refractivity contribution in [3.8, 4) is 6.07 Å². The minimum atomic E-state index is 0.431. The van der Waals surface area contributed by atoms with Gasteiger partial charge < -0.3 is 4.90 Å². The van der Waals surface area contributed by atoms with E-state index in [1.165, 1.54) is 0 Å². The van der Waals surface area contributed by atoms with Gasteiger partial charge in [0.15, 0.2) is 0 Å². The van der Waals surface area contributed by atoms with Gasteiger partial charge in [0.2, 0.25) is 0 Å². The van der Waals surface area contributed by atoms with E-state index in [-0.39, 0.29) is 0 Å². The van der Waals surface area contributed by atoms with Gasteiger partial charge in [0.1, 0.15) is 0 Å². The van der Waals surface area contributed by atoms with Gasteiger partial charge in [0.25, 0.3) is 0 Å². The molecule has 0 saturated heterocycles. The van der Waals surface area contributed by atoms with Crippen LogP contribution in [0.15, 0.2) is 0 Å². The summed E-state index contributed by atoms with van der Waals surface area (Å²) in [6.07, 6.45) is 1.70. The fraction of sp³-hybridized carbons (Fsp3) is 0.889. The van der Waals surface area contributed by atoms with Crippen molar-refractivity contribution in [3.63, 3.8) is 0 Å². The van der Waals surface area contributed by atoms with E-state index < -0.39 is 0 Å². The average molecular weight is 154 g/mol. The number of rotatable bonds is 4. The fourth-order valence-corrected chi connectivity index (χ4v) is 1.10. The Bertz CT molecular complexity index is 135. The summed E-state index contributed by atoms with van der Waals surface area (Å²) in [7, 11) is 2.08. The fourth-order valence-electron chi connectivity index (χ4n) is 1.10. The third-order valence-electron chi connectivity index (χ3n) is 2.19. The Hall–Kier alpha value is -0.550. The van der Waals surface area contributed by atoms with E-state index in [1.807, 2.05) is 0 Å². The molecule has 0 aromatic rings. The van der Waals surface area contributed by atoms with Gasteiger partial charge in [-0.05, 0) is 27.3 Å². The first-order valence-corrected chi connectivity index (χ1v) is 4.22. The zero-order valence-corrected chi connectivity index (χ0v) is 7.96. The van der Waals surface area contributed by atoms with Gasteiger partial charge in [-0.15, -0.1) is 0 Å². The number of hydrogen-bond acceptors (Lipinski definition) is 2. The molecule has 1 atom stereocenters. The van der Waals surface area contributed by atoms with Crippen molar-refractivity contribution >= 4 is 0 Å². The molecule has 0 rings (SSSR count). The quantitative estimate of drug-likeness (QED) is 0.619. The van der Waals surface area contributed by atoms with Crippen LogP contribution in [0.25, 0.3) is 0 Å². The van der Waals surface area contributed by atoms with Crippen molar-refractivity contribution in [2.24, 2.45) is 0 Å². The van der Waals surface area contributed by atoms with Crippen LogP contribution in [0.3, 0.4) is 0 Å². The van der Waals surface area contributed by atoms with Crippen molar-refractivity contribution in [3.05, 3.63) is 0 Å². The molecule has 0 fully saturated rings. The summed E-state index contributed by atoms with van der Waals surface area (Å²) in [5.74, 6) is 0. The molecule has 2 nitrogen and oxygen atoms in total. The standard InChI is InChI=1S/C9H18N2/c1-5-9(6-7-10)11(4)8(2)3/h8-9H,5-6H2,1-4H3. The monoisotopic (exact) mass is 154 g/mol. The zero-order chi connectivity index (χ0) is 8.85. The van der Waals surface area contributed by atoms with E-state index in [0.717, 1.165) is 6.42 Å². The third-order valence-corrected chi connectivity index (χ3v) is 2.19. The maximum absolute atomic E-state index is 8.52. The summed E-state index contributed by atoms with van der Waals surface area (Å²) in [4.78, 5) is 2.25.